The number of nitrogens with zero attached hydrogens (tertiary/aromatic N) is 1. The minimum absolute atomic E-state index is 0.461. The summed E-state index contributed by atoms with van der Waals surface area (Å²) in [5.74, 6) is 0. The minimum atomic E-state index is -4.44. The van der Waals surface area contributed by atoms with E-state index in [0.717, 1.165) is 19.7 Å². The van der Waals surface area contributed by atoms with Gasteiger partial charge in [-0.2, -0.15) is 4.31 Å². The van der Waals surface area contributed by atoms with Gasteiger partial charge in [0.2, 0.25) is 0 Å². The van der Waals surface area contributed by atoms with Crippen molar-refractivity contribution in [2.24, 2.45) is 0 Å². The summed E-state index contributed by atoms with van der Waals surface area (Å²) in [5.41, 5.74) is 0.517. The van der Waals surface area contributed by atoms with Crippen LogP contribution in [0.5, 0.6) is 0 Å². The Morgan fingerprint density at radius 1 is 0.962 bits per heavy atom. The molecule has 1 atom stereocenters. The van der Waals surface area contributed by atoms with Crippen molar-refractivity contribution in [1.29, 1.82) is 0 Å². The molecule has 0 saturated heterocycles. The van der Waals surface area contributed by atoms with Gasteiger partial charge in [-0.1, -0.05) is 72.5 Å². The van der Waals surface area contributed by atoms with Crippen molar-refractivity contribution < 1.29 is 18.6 Å². The number of rotatable bonds is 5. The van der Waals surface area contributed by atoms with Crippen LogP contribution >= 0.6 is 39.5 Å². The minimum Gasteiger partial charge on any atom is -0.323 e. The summed E-state index contributed by atoms with van der Waals surface area (Å²) < 4.78 is 27.7. The molecule has 26 heavy (non-hydrogen) atoms. The van der Waals surface area contributed by atoms with Crippen LogP contribution in [0.4, 0.5) is 5.69 Å². The van der Waals surface area contributed by atoms with Crippen molar-refractivity contribution in [3.63, 3.8) is 0 Å². The molecule has 3 aromatic carbocycles. The van der Waals surface area contributed by atoms with Crippen LogP contribution in [-0.4, -0.2) is 16.1 Å². The third-order valence-corrected chi connectivity index (χ3v) is 6.94. The zero-order valence-corrected chi connectivity index (χ0v) is 18.2. The largest absolute Gasteiger partial charge is 0.349 e. The average molecular weight is 520 g/mol. The lowest BCUT2D eigenvalue weighted by molar-refractivity contribution is 0.374. The Morgan fingerprint density at radius 3 is 2.23 bits per heavy atom. The van der Waals surface area contributed by atoms with Crippen LogP contribution in [0.3, 0.4) is 0 Å². The zero-order chi connectivity index (χ0) is 18.9. The summed E-state index contributed by atoms with van der Waals surface area (Å²) >= 11 is 6.71. The van der Waals surface area contributed by atoms with E-state index in [1.54, 1.807) is 30.3 Å². The summed E-state index contributed by atoms with van der Waals surface area (Å²) in [6.07, 6.45) is -0.639. The van der Waals surface area contributed by atoms with Crippen molar-refractivity contribution in [3.8, 4) is 0 Å². The van der Waals surface area contributed by atoms with Crippen molar-refractivity contribution in [2.75, 3.05) is 10.6 Å². The fraction of sp³-hybridized carbons (Fsp3) is 0.0588. The highest BCUT2D eigenvalue weighted by molar-refractivity contribution is 9.11. The Kier molecular flexibility index (Phi) is 6.01. The second kappa shape index (κ2) is 7.92. The second-order valence-electron chi connectivity index (χ2n) is 5.60. The number of halogens is 2. The second-order valence-corrected chi connectivity index (χ2v) is 10.6. The molecule has 2 N–H and O–H groups in total. The molecule has 0 aromatic heterocycles. The maximum absolute atomic E-state index is 13.3. The predicted octanol–water partition coefficient (Wildman–Crippen LogP) is 4.98. The first kappa shape index (κ1) is 19.7. The Hall–Kier alpha value is -1.02. The first-order valence-electron chi connectivity index (χ1n) is 7.48. The summed E-state index contributed by atoms with van der Waals surface area (Å²) in [6, 6.07) is 18.0. The third kappa shape index (κ3) is 4.63. The Labute approximate surface area is 170 Å². The lowest BCUT2D eigenvalue weighted by atomic mass is 10.1. The molecule has 0 radical (unpaired) electrons. The highest BCUT2D eigenvalue weighted by atomic mass is 79.9. The summed E-state index contributed by atoms with van der Waals surface area (Å²) in [6.45, 7) is 0. The molecule has 0 amide bonds. The first-order valence-corrected chi connectivity index (χ1v) is 12.1. The SMILES string of the molecule is O=[SH+](c1cc(Br)cc(Br)c1)N(CP(=O)(O)O)c1cccc2ccccc12. The van der Waals surface area contributed by atoms with E-state index in [9.17, 15) is 18.6 Å². The standard InChI is InChI=1S/C17H14Br2NO4PS/c18-13-8-14(19)10-15(9-13)26(24)20(11-25(21,22)23)17-7-3-5-12-4-1-2-6-16(12)17/h1-10H,11H2,(H2,21,22,23)/p+1. The van der Waals surface area contributed by atoms with Gasteiger partial charge < -0.3 is 9.79 Å². The molecule has 0 saturated carbocycles. The highest BCUT2D eigenvalue weighted by Crippen LogP contribution is 2.40. The van der Waals surface area contributed by atoms with Crippen LogP contribution in [0.25, 0.3) is 10.8 Å². The van der Waals surface area contributed by atoms with E-state index < -0.39 is 24.9 Å². The molecule has 1 unspecified atom stereocenters. The van der Waals surface area contributed by atoms with Gasteiger partial charge in [0.25, 0.3) is 0 Å². The Balaban J connectivity index is 2.16. The Bertz CT molecular complexity index is 1010. The topological polar surface area (TPSA) is 77.8 Å². The molecule has 3 rings (SSSR count). The van der Waals surface area contributed by atoms with Crippen molar-refractivity contribution in [1.82, 2.24) is 0 Å². The predicted molar refractivity (Wildman–Crippen MR) is 113 cm³/mol. The quantitative estimate of drug-likeness (QED) is 0.283. The molecule has 136 valence electrons. The molecular weight excluding hydrogens is 505 g/mol. The number of anilines is 1. The van der Waals surface area contributed by atoms with Crippen LogP contribution in [-0.2, 0) is 19.8 Å². The first-order chi connectivity index (χ1) is 12.2. The van der Waals surface area contributed by atoms with E-state index in [1.165, 1.54) is 4.31 Å². The van der Waals surface area contributed by atoms with Gasteiger partial charge in [0.1, 0.15) is 0 Å². The molecule has 0 heterocycles. The van der Waals surface area contributed by atoms with E-state index in [0.29, 0.717) is 10.6 Å². The highest BCUT2D eigenvalue weighted by Gasteiger charge is 2.31. The van der Waals surface area contributed by atoms with Gasteiger partial charge in [0.05, 0.1) is 5.69 Å². The molecule has 9 heteroatoms. The van der Waals surface area contributed by atoms with Gasteiger partial charge in [0.15, 0.2) is 22.2 Å². The molecule has 0 fully saturated rings. The van der Waals surface area contributed by atoms with Crippen molar-refractivity contribution in [3.05, 3.63) is 69.6 Å². The van der Waals surface area contributed by atoms with Gasteiger partial charge in [-0.05, 0) is 17.5 Å². The van der Waals surface area contributed by atoms with E-state index in [-0.39, 0.29) is 0 Å². The van der Waals surface area contributed by atoms with Crippen LogP contribution in [0.1, 0.15) is 0 Å². The summed E-state index contributed by atoms with van der Waals surface area (Å²) in [4.78, 5) is 19.6. The average Bonchev–Trinajstić information content (AvgIpc) is 2.57. The van der Waals surface area contributed by atoms with Crippen LogP contribution in [0.15, 0.2) is 74.5 Å². The molecule has 0 bridgehead atoms. The Morgan fingerprint density at radius 2 is 1.58 bits per heavy atom. The smallest absolute Gasteiger partial charge is 0.323 e. The fourth-order valence-corrected chi connectivity index (χ4v) is 6.88. The molecule has 0 spiro atoms. The van der Waals surface area contributed by atoms with Crippen molar-refractivity contribution in [2.45, 2.75) is 4.90 Å². The number of benzene rings is 3. The number of thiol groups is 1. The fourth-order valence-electron chi connectivity index (χ4n) is 2.63. The van der Waals surface area contributed by atoms with Gasteiger partial charge >= 0.3 is 7.60 Å². The lowest BCUT2D eigenvalue weighted by Crippen LogP contribution is -2.27. The van der Waals surface area contributed by atoms with Gasteiger partial charge in [0, 0.05) is 26.5 Å². The maximum atomic E-state index is 13.3. The van der Waals surface area contributed by atoms with Crippen molar-refractivity contribution >= 4 is 66.9 Å². The van der Waals surface area contributed by atoms with Crippen LogP contribution < -0.4 is 4.31 Å². The van der Waals surface area contributed by atoms with Gasteiger partial charge in [-0.3, -0.25) is 4.57 Å². The molecule has 0 aliphatic heterocycles. The molecule has 5 nitrogen and oxygen atoms in total. The van der Waals surface area contributed by atoms with Crippen LogP contribution in [0, 0.1) is 0 Å². The summed E-state index contributed by atoms with van der Waals surface area (Å²) in [5, 5.41) is 1.68. The van der Waals surface area contributed by atoms with E-state index >= 15 is 0 Å². The van der Waals surface area contributed by atoms with Gasteiger partial charge in [-0.25, -0.2) is 0 Å². The lowest BCUT2D eigenvalue weighted by Gasteiger charge is -2.20. The molecule has 3 aromatic rings. The zero-order valence-electron chi connectivity index (χ0n) is 13.3. The number of hydrogen-bond acceptors (Lipinski definition) is 2. The maximum Gasteiger partial charge on any atom is 0.349 e. The normalized spacial score (nSPS) is 12.9. The third-order valence-electron chi connectivity index (χ3n) is 3.65. The number of hydrogen-bond donors (Lipinski definition) is 2. The van der Waals surface area contributed by atoms with E-state index in [4.69, 9.17) is 0 Å². The molecular formula is C17H15Br2NO4PS+. The summed E-state index contributed by atoms with van der Waals surface area (Å²) in [7, 11) is -6.70. The number of fused-ring (bicyclic) bond motifs is 1. The van der Waals surface area contributed by atoms with E-state index in [2.05, 4.69) is 31.9 Å². The molecule has 0 aliphatic carbocycles. The van der Waals surface area contributed by atoms with Gasteiger partial charge in [-0.15, -0.1) is 0 Å². The van der Waals surface area contributed by atoms with Crippen LogP contribution in [0.2, 0.25) is 0 Å². The molecule has 0 aliphatic rings. The van der Waals surface area contributed by atoms with E-state index in [1.807, 2.05) is 30.3 Å². The monoisotopic (exact) mass is 518 g/mol.